The van der Waals surface area contributed by atoms with Crippen molar-refractivity contribution in [1.82, 2.24) is 4.98 Å². The molecule has 0 spiro atoms. The molecule has 7 heteroatoms. The number of carbonyl (C=O) groups is 1. The molecule has 0 saturated carbocycles. The van der Waals surface area contributed by atoms with E-state index in [0.29, 0.717) is 21.2 Å². The molecule has 0 aliphatic carbocycles. The number of ether oxygens (including phenoxy) is 1. The smallest absolute Gasteiger partial charge is 0.196 e. The van der Waals surface area contributed by atoms with E-state index in [4.69, 9.17) is 21.3 Å². The molecule has 0 fully saturated rings. The van der Waals surface area contributed by atoms with E-state index in [-0.39, 0.29) is 18.1 Å². The molecule has 5 nitrogen and oxygen atoms in total. The molecule has 0 bridgehead atoms. The maximum absolute atomic E-state index is 13.0. The molecule has 0 amide bonds. The molecule has 0 radical (unpaired) electrons. The Kier molecular flexibility index (Phi) is 8.82. The van der Waals surface area contributed by atoms with Crippen molar-refractivity contribution in [3.63, 3.8) is 0 Å². The summed E-state index contributed by atoms with van der Waals surface area (Å²) < 4.78 is 5.04. The van der Waals surface area contributed by atoms with Crippen LogP contribution in [-0.2, 0) is 6.42 Å². The number of aromatic hydroxyl groups is 1. The maximum Gasteiger partial charge on any atom is 0.196 e. The predicted molar refractivity (Wildman–Crippen MR) is 132 cm³/mol. The number of phenols is 1. The number of nitrogens with zero attached hydrogens (tertiary/aromatic N) is 2. The van der Waals surface area contributed by atoms with E-state index in [9.17, 15) is 9.90 Å². The lowest BCUT2D eigenvalue weighted by atomic mass is 10.1. The van der Waals surface area contributed by atoms with Crippen molar-refractivity contribution in [2.24, 2.45) is 4.99 Å². The van der Waals surface area contributed by atoms with Gasteiger partial charge in [-0.3, -0.25) is 9.79 Å². The molecule has 32 heavy (non-hydrogen) atoms. The molecule has 2 aromatic carbocycles. The first-order chi connectivity index (χ1) is 15.5. The Hall–Kier alpha value is -2.70. The zero-order valence-electron chi connectivity index (χ0n) is 18.3. The maximum atomic E-state index is 13.0. The second-order valence-electron chi connectivity index (χ2n) is 7.44. The number of carbonyl (C=O) groups excluding carboxylic acids is 1. The molecule has 3 rings (SSSR count). The van der Waals surface area contributed by atoms with E-state index in [1.54, 1.807) is 24.4 Å². The number of aliphatic imine (C=N–C) groups is 1. The molecule has 1 aromatic heterocycles. The van der Waals surface area contributed by atoms with Crippen LogP contribution in [0.5, 0.6) is 11.5 Å². The molecule has 0 unspecified atom stereocenters. The van der Waals surface area contributed by atoms with Gasteiger partial charge in [0.1, 0.15) is 11.6 Å². The average molecular weight is 471 g/mol. The fraction of sp³-hybridized carbons (Fsp3) is 0.320. The lowest BCUT2D eigenvalue weighted by Crippen LogP contribution is -2.05. The van der Waals surface area contributed by atoms with Gasteiger partial charge < -0.3 is 9.84 Å². The largest absolute Gasteiger partial charge is 0.504 e. The van der Waals surface area contributed by atoms with Crippen LogP contribution < -0.4 is 4.74 Å². The molecule has 1 N–H and O–H groups in total. The number of methoxy groups -OCH3 is 1. The molecule has 0 saturated heterocycles. The minimum Gasteiger partial charge on any atom is -0.504 e. The second-order valence-corrected chi connectivity index (χ2v) is 8.87. The minimum atomic E-state index is -0.0535. The molecule has 0 aliphatic rings. The number of ketones is 1. The first kappa shape index (κ1) is 24.0. The van der Waals surface area contributed by atoms with Gasteiger partial charge in [0.2, 0.25) is 0 Å². The molecule has 168 valence electrons. The fourth-order valence-corrected chi connectivity index (χ4v) is 4.44. The van der Waals surface area contributed by atoms with Gasteiger partial charge in [-0.05, 0) is 48.7 Å². The van der Waals surface area contributed by atoms with Crippen molar-refractivity contribution in [3.05, 3.63) is 63.6 Å². The van der Waals surface area contributed by atoms with Crippen molar-refractivity contribution in [2.75, 3.05) is 13.7 Å². The minimum absolute atomic E-state index is 0.0248. The Labute approximate surface area is 197 Å². The third kappa shape index (κ3) is 6.40. The van der Waals surface area contributed by atoms with E-state index >= 15 is 0 Å². The van der Waals surface area contributed by atoms with Crippen LogP contribution in [0, 0.1) is 0 Å². The summed E-state index contributed by atoms with van der Waals surface area (Å²) in [6, 6.07) is 12.5. The van der Waals surface area contributed by atoms with Crippen LogP contribution >= 0.6 is 22.9 Å². The second kappa shape index (κ2) is 11.8. The number of hydrogen-bond donors (Lipinski definition) is 1. The third-order valence-electron chi connectivity index (χ3n) is 4.99. The van der Waals surface area contributed by atoms with E-state index in [1.807, 2.05) is 24.3 Å². The van der Waals surface area contributed by atoms with E-state index < -0.39 is 0 Å². The number of benzene rings is 2. The van der Waals surface area contributed by atoms with Crippen LogP contribution in [-0.4, -0.2) is 35.7 Å². The van der Waals surface area contributed by atoms with Gasteiger partial charge in [0.05, 0.1) is 17.7 Å². The van der Waals surface area contributed by atoms with Crippen LogP contribution in [0.15, 0.2) is 47.5 Å². The van der Waals surface area contributed by atoms with Gasteiger partial charge in [-0.2, -0.15) is 0 Å². The summed E-state index contributed by atoms with van der Waals surface area (Å²) in [5.41, 5.74) is 2.49. The highest BCUT2D eigenvalue weighted by molar-refractivity contribution is 7.17. The lowest BCUT2D eigenvalue weighted by Gasteiger charge is -2.03. The van der Waals surface area contributed by atoms with Crippen molar-refractivity contribution in [2.45, 2.75) is 39.0 Å². The summed E-state index contributed by atoms with van der Waals surface area (Å²) in [7, 11) is 1.49. The van der Waals surface area contributed by atoms with Crippen LogP contribution in [0.1, 0.15) is 53.5 Å². The van der Waals surface area contributed by atoms with Crippen molar-refractivity contribution < 1.29 is 14.6 Å². The van der Waals surface area contributed by atoms with Gasteiger partial charge in [-0.25, -0.2) is 4.98 Å². The normalized spacial score (nSPS) is 11.2. The van der Waals surface area contributed by atoms with Crippen molar-refractivity contribution >= 4 is 34.9 Å². The molecule has 3 aromatic rings. The van der Waals surface area contributed by atoms with Crippen LogP contribution in [0.25, 0.3) is 10.6 Å². The Morgan fingerprint density at radius 1 is 1.19 bits per heavy atom. The first-order valence-corrected chi connectivity index (χ1v) is 11.9. The SMILES string of the molecule is CCCCCCc1nc(-c2ccc(Cl)cc2)sc1C(=O)CN=Cc1ccc(OC)c(O)c1. The van der Waals surface area contributed by atoms with E-state index in [1.165, 1.54) is 24.9 Å². The number of aryl methyl sites for hydroxylation is 1. The summed E-state index contributed by atoms with van der Waals surface area (Å²) >= 11 is 7.42. The van der Waals surface area contributed by atoms with Gasteiger partial charge in [0.15, 0.2) is 17.3 Å². The summed E-state index contributed by atoms with van der Waals surface area (Å²) in [4.78, 5) is 22.7. The topological polar surface area (TPSA) is 71.8 Å². The fourth-order valence-electron chi connectivity index (χ4n) is 3.27. The van der Waals surface area contributed by atoms with E-state index in [2.05, 4.69) is 11.9 Å². The molecule has 0 atom stereocenters. The van der Waals surface area contributed by atoms with Gasteiger partial charge >= 0.3 is 0 Å². The van der Waals surface area contributed by atoms with Crippen LogP contribution in [0.2, 0.25) is 5.02 Å². The van der Waals surface area contributed by atoms with E-state index in [0.717, 1.165) is 41.9 Å². The Bertz CT molecular complexity index is 1080. The lowest BCUT2D eigenvalue weighted by molar-refractivity contribution is 0.100. The van der Waals surface area contributed by atoms with Gasteiger partial charge in [0.25, 0.3) is 0 Å². The number of halogens is 1. The monoisotopic (exact) mass is 470 g/mol. The zero-order chi connectivity index (χ0) is 22.9. The number of hydrogen-bond acceptors (Lipinski definition) is 6. The summed E-state index contributed by atoms with van der Waals surface area (Å²) in [5, 5.41) is 11.4. The first-order valence-electron chi connectivity index (χ1n) is 10.7. The van der Waals surface area contributed by atoms with Gasteiger partial charge in [0, 0.05) is 16.8 Å². The number of aromatic nitrogens is 1. The number of unbranched alkanes of at least 4 members (excludes halogenated alkanes) is 3. The number of rotatable bonds is 11. The highest BCUT2D eigenvalue weighted by Gasteiger charge is 2.18. The molecule has 0 aliphatic heterocycles. The van der Waals surface area contributed by atoms with Crippen LogP contribution in [0.3, 0.4) is 0 Å². The Morgan fingerprint density at radius 2 is 1.97 bits per heavy atom. The Morgan fingerprint density at radius 3 is 2.66 bits per heavy atom. The Balaban J connectivity index is 1.76. The third-order valence-corrected chi connectivity index (χ3v) is 6.43. The van der Waals surface area contributed by atoms with Crippen LogP contribution in [0.4, 0.5) is 0 Å². The summed E-state index contributed by atoms with van der Waals surface area (Å²) in [6.07, 6.45) is 6.83. The quantitative estimate of drug-likeness (QED) is 0.194. The summed E-state index contributed by atoms with van der Waals surface area (Å²) in [5.74, 6) is 0.375. The average Bonchev–Trinajstić information content (AvgIpc) is 3.21. The number of thiazole rings is 1. The highest BCUT2D eigenvalue weighted by Crippen LogP contribution is 2.30. The zero-order valence-corrected chi connectivity index (χ0v) is 19.9. The number of phenolic OH excluding ortho intramolecular Hbond substituents is 1. The van der Waals surface area contributed by atoms with Gasteiger partial charge in [-0.15, -0.1) is 11.3 Å². The van der Waals surface area contributed by atoms with Crippen molar-refractivity contribution in [3.8, 4) is 22.1 Å². The number of Topliss-reactive ketones (excluding diaryl/α,β-unsaturated/α-hetero) is 1. The standard InChI is InChI=1S/C25H27ClN2O3S/c1-3-4-5-6-7-20-24(32-25(28-20)18-9-11-19(26)12-10-18)22(30)16-27-15-17-8-13-23(31-2)21(29)14-17/h8-15,29H,3-7,16H2,1-2H3. The summed E-state index contributed by atoms with van der Waals surface area (Å²) in [6.45, 7) is 2.20. The predicted octanol–water partition coefficient (Wildman–Crippen LogP) is 6.60. The molecule has 1 heterocycles. The molecular weight excluding hydrogens is 444 g/mol. The molecular formula is C25H27ClN2O3S. The highest BCUT2D eigenvalue weighted by atomic mass is 35.5. The van der Waals surface area contributed by atoms with Crippen molar-refractivity contribution in [1.29, 1.82) is 0 Å². The van der Waals surface area contributed by atoms with Gasteiger partial charge in [-0.1, -0.05) is 49.9 Å².